The summed E-state index contributed by atoms with van der Waals surface area (Å²) in [6.07, 6.45) is 0. The fourth-order valence-corrected chi connectivity index (χ4v) is 2.16. The van der Waals surface area contributed by atoms with Crippen LogP contribution in [0.3, 0.4) is 0 Å². The van der Waals surface area contributed by atoms with Crippen molar-refractivity contribution in [3.05, 3.63) is 51.9 Å². The van der Waals surface area contributed by atoms with E-state index in [0.29, 0.717) is 22.5 Å². The zero-order chi connectivity index (χ0) is 14.0. The lowest BCUT2D eigenvalue weighted by Crippen LogP contribution is -2.26. The predicted molar refractivity (Wildman–Crippen MR) is 77.8 cm³/mol. The minimum absolute atomic E-state index is 0.0719. The smallest absolute Gasteiger partial charge is 0.254 e. The largest absolute Gasteiger partial charge is 0.452 e. The maximum Gasteiger partial charge on any atom is 0.254 e. The highest BCUT2D eigenvalue weighted by Crippen LogP contribution is 2.18. The fourth-order valence-electron chi connectivity index (χ4n) is 1.82. The molecule has 1 aromatic heterocycles. The van der Waals surface area contributed by atoms with Gasteiger partial charge in [0.05, 0.1) is 6.54 Å². The Bertz CT molecular complexity index is 607. The molecule has 0 atom stereocenters. The highest BCUT2D eigenvalue weighted by atomic mass is 79.9. The van der Waals surface area contributed by atoms with E-state index in [9.17, 15) is 4.79 Å². The number of benzene rings is 1. The number of nitrogen functional groups attached to an aromatic ring is 1. The van der Waals surface area contributed by atoms with Gasteiger partial charge < -0.3 is 15.1 Å². The fraction of sp³-hybridized carbons (Fsp3) is 0.214. The Morgan fingerprint density at radius 2 is 2.11 bits per heavy atom. The molecule has 0 aliphatic rings. The molecule has 0 radical (unpaired) electrons. The number of halogens is 1. The van der Waals surface area contributed by atoms with Gasteiger partial charge in [0.15, 0.2) is 4.67 Å². The quantitative estimate of drug-likeness (QED) is 0.883. The summed E-state index contributed by atoms with van der Waals surface area (Å²) in [5, 5.41) is 0. The Morgan fingerprint density at radius 3 is 2.74 bits per heavy atom. The van der Waals surface area contributed by atoms with E-state index in [1.54, 1.807) is 30.1 Å². The normalized spacial score (nSPS) is 10.5. The first-order valence-electron chi connectivity index (χ1n) is 5.83. The molecule has 0 bridgehead atoms. The number of carbonyl (C=O) groups excluding carboxylic acids is 1. The lowest BCUT2D eigenvalue weighted by molar-refractivity contribution is 0.0774. The molecule has 2 N–H and O–H groups in total. The van der Waals surface area contributed by atoms with Gasteiger partial charge in [0.2, 0.25) is 0 Å². The van der Waals surface area contributed by atoms with Crippen molar-refractivity contribution in [3.8, 4) is 0 Å². The molecule has 2 aromatic rings. The van der Waals surface area contributed by atoms with Crippen molar-refractivity contribution < 1.29 is 9.21 Å². The summed E-state index contributed by atoms with van der Waals surface area (Å²) < 4.78 is 6.05. The van der Waals surface area contributed by atoms with Crippen LogP contribution in [0.25, 0.3) is 0 Å². The molecule has 19 heavy (non-hydrogen) atoms. The number of rotatable bonds is 3. The number of amides is 1. The van der Waals surface area contributed by atoms with Gasteiger partial charge in [0, 0.05) is 18.3 Å². The molecule has 1 amide bonds. The second-order valence-corrected chi connectivity index (χ2v) is 5.22. The van der Waals surface area contributed by atoms with E-state index in [4.69, 9.17) is 10.2 Å². The van der Waals surface area contributed by atoms with Crippen LogP contribution in [-0.2, 0) is 6.54 Å². The summed E-state index contributed by atoms with van der Waals surface area (Å²) in [6.45, 7) is 2.31. The Hall–Kier alpha value is -1.75. The third kappa shape index (κ3) is 3.17. The zero-order valence-electron chi connectivity index (χ0n) is 10.8. The third-order valence-electron chi connectivity index (χ3n) is 2.86. The van der Waals surface area contributed by atoms with Gasteiger partial charge in [-0.3, -0.25) is 4.79 Å². The van der Waals surface area contributed by atoms with Crippen LogP contribution in [0.2, 0.25) is 0 Å². The molecule has 5 heteroatoms. The summed E-state index contributed by atoms with van der Waals surface area (Å²) in [5.41, 5.74) is 7.84. The first-order chi connectivity index (χ1) is 8.97. The Kier molecular flexibility index (Phi) is 3.95. The number of hydrogen-bond acceptors (Lipinski definition) is 3. The van der Waals surface area contributed by atoms with E-state index in [1.165, 1.54) is 0 Å². The van der Waals surface area contributed by atoms with Crippen LogP contribution in [0.1, 0.15) is 21.7 Å². The topological polar surface area (TPSA) is 59.5 Å². The summed E-state index contributed by atoms with van der Waals surface area (Å²) in [4.78, 5) is 14.0. The molecule has 2 rings (SSSR count). The number of hydrogen-bond donors (Lipinski definition) is 1. The van der Waals surface area contributed by atoms with E-state index in [1.807, 2.05) is 19.1 Å². The molecule has 0 unspecified atom stereocenters. The second-order valence-electron chi connectivity index (χ2n) is 4.44. The molecule has 4 nitrogen and oxygen atoms in total. The van der Waals surface area contributed by atoms with Crippen molar-refractivity contribution in [2.24, 2.45) is 0 Å². The highest BCUT2D eigenvalue weighted by Gasteiger charge is 2.16. The first-order valence-corrected chi connectivity index (χ1v) is 6.62. The number of nitrogens with two attached hydrogens (primary N) is 1. The van der Waals surface area contributed by atoms with Crippen LogP contribution in [0.15, 0.2) is 39.4 Å². The van der Waals surface area contributed by atoms with Crippen molar-refractivity contribution in [1.29, 1.82) is 0 Å². The van der Waals surface area contributed by atoms with E-state index in [-0.39, 0.29) is 5.91 Å². The summed E-state index contributed by atoms with van der Waals surface area (Å²) >= 11 is 3.24. The Balaban J connectivity index is 2.16. The van der Waals surface area contributed by atoms with Crippen LogP contribution in [0, 0.1) is 6.92 Å². The van der Waals surface area contributed by atoms with E-state index >= 15 is 0 Å². The molecule has 0 aliphatic heterocycles. The van der Waals surface area contributed by atoms with Gasteiger partial charge in [-0.1, -0.05) is 6.07 Å². The summed E-state index contributed by atoms with van der Waals surface area (Å²) in [6, 6.07) is 8.97. The van der Waals surface area contributed by atoms with Gasteiger partial charge in [0.25, 0.3) is 5.91 Å². The maximum atomic E-state index is 12.3. The van der Waals surface area contributed by atoms with Gasteiger partial charge >= 0.3 is 0 Å². The highest BCUT2D eigenvalue weighted by molar-refractivity contribution is 9.10. The molecular formula is C14H15BrN2O2. The number of anilines is 1. The minimum atomic E-state index is -0.0719. The van der Waals surface area contributed by atoms with E-state index in [0.717, 1.165) is 11.3 Å². The standard InChI is InChI=1S/C14H15BrN2O2/c1-9-3-4-10(16)7-12(9)14(18)17(2)8-11-5-6-13(15)19-11/h3-7H,8,16H2,1-2H3. The van der Waals surface area contributed by atoms with Crippen LogP contribution in [-0.4, -0.2) is 17.9 Å². The molecule has 1 aromatic carbocycles. The molecule has 0 saturated carbocycles. The van der Waals surface area contributed by atoms with Crippen molar-refractivity contribution in [2.45, 2.75) is 13.5 Å². The number of aryl methyl sites for hydroxylation is 1. The predicted octanol–water partition coefficient (Wildman–Crippen LogP) is 3.20. The van der Waals surface area contributed by atoms with Crippen molar-refractivity contribution in [1.82, 2.24) is 4.90 Å². The SMILES string of the molecule is Cc1ccc(N)cc1C(=O)N(C)Cc1ccc(Br)o1. The molecule has 1 heterocycles. The molecule has 0 aliphatic carbocycles. The molecule has 0 saturated heterocycles. The van der Waals surface area contributed by atoms with Crippen LogP contribution in [0.5, 0.6) is 0 Å². The van der Waals surface area contributed by atoms with Crippen LogP contribution in [0.4, 0.5) is 5.69 Å². The summed E-state index contributed by atoms with van der Waals surface area (Å²) in [7, 11) is 1.74. The molecule has 0 spiro atoms. The number of furan rings is 1. The average Bonchev–Trinajstić information content (AvgIpc) is 2.77. The van der Waals surface area contributed by atoms with Crippen LogP contribution < -0.4 is 5.73 Å². The number of carbonyl (C=O) groups is 1. The summed E-state index contributed by atoms with van der Waals surface area (Å²) in [5.74, 6) is 0.654. The molecule has 100 valence electrons. The van der Waals surface area contributed by atoms with E-state index < -0.39 is 0 Å². The van der Waals surface area contributed by atoms with Gasteiger partial charge in [-0.05, 0) is 52.7 Å². The van der Waals surface area contributed by atoms with Gasteiger partial charge in [0.1, 0.15) is 5.76 Å². The van der Waals surface area contributed by atoms with Crippen molar-refractivity contribution >= 4 is 27.5 Å². The van der Waals surface area contributed by atoms with Crippen LogP contribution >= 0.6 is 15.9 Å². The maximum absolute atomic E-state index is 12.3. The van der Waals surface area contributed by atoms with Gasteiger partial charge in [-0.15, -0.1) is 0 Å². The molecular weight excluding hydrogens is 308 g/mol. The lowest BCUT2D eigenvalue weighted by atomic mass is 10.1. The Labute approximate surface area is 120 Å². The Morgan fingerprint density at radius 1 is 1.37 bits per heavy atom. The van der Waals surface area contributed by atoms with Gasteiger partial charge in [-0.2, -0.15) is 0 Å². The van der Waals surface area contributed by atoms with Crippen molar-refractivity contribution in [3.63, 3.8) is 0 Å². The van der Waals surface area contributed by atoms with E-state index in [2.05, 4.69) is 15.9 Å². The lowest BCUT2D eigenvalue weighted by Gasteiger charge is -2.17. The molecule has 0 fully saturated rings. The van der Waals surface area contributed by atoms with Crippen molar-refractivity contribution in [2.75, 3.05) is 12.8 Å². The average molecular weight is 323 g/mol. The number of nitrogens with zero attached hydrogens (tertiary/aromatic N) is 1. The minimum Gasteiger partial charge on any atom is -0.452 e. The zero-order valence-corrected chi connectivity index (χ0v) is 12.4. The van der Waals surface area contributed by atoms with Gasteiger partial charge in [-0.25, -0.2) is 0 Å². The monoisotopic (exact) mass is 322 g/mol. The second kappa shape index (κ2) is 5.48. The first kappa shape index (κ1) is 13.7. The third-order valence-corrected chi connectivity index (χ3v) is 3.29.